The van der Waals surface area contributed by atoms with E-state index in [1.54, 1.807) is 40.6 Å². The molecule has 0 spiro atoms. The van der Waals surface area contributed by atoms with Crippen LogP contribution in [0.1, 0.15) is 17.3 Å². The van der Waals surface area contributed by atoms with Gasteiger partial charge in [-0.3, -0.25) is 9.59 Å². The summed E-state index contributed by atoms with van der Waals surface area (Å²) in [5.41, 5.74) is 3.79. The highest BCUT2D eigenvalue weighted by Crippen LogP contribution is 2.21. The maximum atomic E-state index is 13.0. The molecule has 0 fully saturated rings. The number of nitrogens with one attached hydrogen (secondary N) is 1. The van der Waals surface area contributed by atoms with Crippen LogP contribution >= 0.6 is 11.8 Å². The number of aryl methyl sites for hydroxylation is 1. The van der Waals surface area contributed by atoms with Crippen LogP contribution in [0.25, 0.3) is 22.3 Å². The first-order valence-electron chi connectivity index (χ1n) is 9.66. The highest BCUT2D eigenvalue weighted by molar-refractivity contribution is 7.98. The van der Waals surface area contributed by atoms with E-state index in [1.165, 1.54) is 0 Å². The van der Waals surface area contributed by atoms with Crippen molar-refractivity contribution in [3.8, 4) is 11.3 Å². The Kier molecular flexibility index (Phi) is 5.68. The molecule has 30 heavy (non-hydrogen) atoms. The molecule has 3 aromatic carbocycles. The molecule has 150 valence electrons. The van der Waals surface area contributed by atoms with Crippen LogP contribution in [0.3, 0.4) is 0 Å². The molecule has 0 bridgehead atoms. The lowest BCUT2D eigenvalue weighted by Gasteiger charge is -2.11. The van der Waals surface area contributed by atoms with Gasteiger partial charge >= 0.3 is 0 Å². The first kappa shape index (κ1) is 19.9. The molecule has 0 radical (unpaired) electrons. The van der Waals surface area contributed by atoms with Crippen LogP contribution in [0.4, 0.5) is 5.69 Å². The number of benzene rings is 3. The second kappa shape index (κ2) is 8.55. The van der Waals surface area contributed by atoms with Crippen LogP contribution in [-0.4, -0.2) is 21.7 Å². The fraction of sp³-hybridized carbons (Fsp3) is 0.125. The van der Waals surface area contributed by atoms with Crippen molar-refractivity contribution in [1.82, 2.24) is 9.55 Å². The summed E-state index contributed by atoms with van der Waals surface area (Å²) >= 11 is 1.62. The van der Waals surface area contributed by atoms with Crippen molar-refractivity contribution in [2.75, 3.05) is 11.6 Å². The van der Waals surface area contributed by atoms with E-state index in [0.717, 1.165) is 21.6 Å². The molecular weight excluding hydrogens is 394 g/mol. The zero-order valence-electron chi connectivity index (χ0n) is 16.8. The lowest BCUT2D eigenvalue weighted by Crippen LogP contribution is -2.23. The first-order chi connectivity index (χ1) is 14.6. The van der Waals surface area contributed by atoms with Gasteiger partial charge in [-0.05, 0) is 55.6 Å². The number of fused-ring (bicyclic) bond motifs is 1. The number of nitrogens with zero attached hydrogens (tertiary/aromatic N) is 2. The smallest absolute Gasteiger partial charge is 0.277 e. The number of carbonyl (C=O) groups is 1. The number of rotatable bonds is 5. The summed E-state index contributed by atoms with van der Waals surface area (Å²) in [7, 11) is 0. The van der Waals surface area contributed by atoms with Gasteiger partial charge in [0.25, 0.3) is 11.5 Å². The number of aromatic nitrogens is 2. The Morgan fingerprint density at radius 2 is 1.80 bits per heavy atom. The van der Waals surface area contributed by atoms with Crippen LogP contribution in [0.2, 0.25) is 0 Å². The second-order valence-corrected chi connectivity index (χ2v) is 7.64. The molecule has 4 rings (SSSR count). The maximum absolute atomic E-state index is 13.0. The summed E-state index contributed by atoms with van der Waals surface area (Å²) in [5.74, 6) is -0.197. The molecule has 1 amide bonds. The Hall–Kier alpha value is -3.38. The predicted molar refractivity (Wildman–Crippen MR) is 123 cm³/mol. The molecule has 0 saturated carbocycles. The molecule has 0 saturated heterocycles. The summed E-state index contributed by atoms with van der Waals surface area (Å²) in [6, 6.07) is 22.3. The lowest BCUT2D eigenvalue weighted by molar-refractivity contribution is 0.102. The van der Waals surface area contributed by atoms with E-state index >= 15 is 0 Å². The van der Waals surface area contributed by atoms with Gasteiger partial charge in [-0.25, -0.2) is 4.98 Å². The molecule has 0 unspecified atom stereocenters. The van der Waals surface area contributed by atoms with Crippen molar-refractivity contribution < 1.29 is 4.79 Å². The van der Waals surface area contributed by atoms with Crippen molar-refractivity contribution in [3.63, 3.8) is 0 Å². The molecule has 0 aliphatic carbocycles. The molecule has 1 aromatic heterocycles. The van der Waals surface area contributed by atoms with Crippen LogP contribution in [-0.2, 0) is 6.54 Å². The quantitative estimate of drug-likeness (QED) is 0.463. The predicted octanol–water partition coefficient (Wildman–Crippen LogP) is 5.06. The van der Waals surface area contributed by atoms with E-state index in [-0.39, 0.29) is 11.5 Å². The van der Waals surface area contributed by atoms with E-state index in [4.69, 9.17) is 0 Å². The number of para-hydroxylation sites is 2. The van der Waals surface area contributed by atoms with Gasteiger partial charge in [0.15, 0.2) is 0 Å². The third kappa shape index (κ3) is 3.86. The van der Waals surface area contributed by atoms with Gasteiger partial charge < -0.3 is 9.88 Å². The summed E-state index contributed by atoms with van der Waals surface area (Å²) < 4.78 is 1.72. The molecule has 0 aliphatic heterocycles. The Balaban J connectivity index is 1.64. The van der Waals surface area contributed by atoms with Crippen molar-refractivity contribution >= 4 is 34.4 Å². The first-order valence-corrected chi connectivity index (χ1v) is 10.9. The van der Waals surface area contributed by atoms with E-state index in [2.05, 4.69) is 10.3 Å². The topological polar surface area (TPSA) is 64.0 Å². The SMILES string of the molecule is CCn1c(=O)c(-c2ccc(C(=O)Nc3cccc(SC)c3)cc2)nc2ccccc21. The Morgan fingerprint density at radius 1 is 1.03 bits per heavy atom. The van der Waals surface area contributed by atoms with Crippen molar-refractivity contribution in [1.29, 1.82) is 0 Å². The minimum atomic E-state index is -0.197. The number of carbonyl (C=O) groups excluding carboxylic acids is 1. The standard InChI is InChI=1S/C24H21N3O2S/c1-3-27-21-10-5-4-9-20(21)26-22(24(27)29)16-11-13-17(14-12-16)23(28)25-18-7-6-8-19(15-18)30-2/h4-15H,3H2,1-2H3,(H,25,28). The van der Waals surface area contributed by atoms with Gasteiger partial charge in [-0.1, -0.05) is 30.3 Å². The van der Waals surface area contributed by atoms with Gasteiger partial charge in [-0.2, -0.15) is 0 Å². The van der Waals surface area contributed by atoms with Gasteiger partial charge in [0.2, 0.25) is 0 Å². The highest BCUT2D eigenvalue weighted by Gasteiger charge is 2.13. The number of hydrogen-bond acceptors (Lipinski definition) is 4. The number of amides is 1. The molecule has 1 N–H and O–H groups in total. The summed E-state index contributed by atoms with van der Waals surface area (Å²) in [6.45, 7) is 2.50. The van der Waals surface area contributed by atoms with Gasteiger partial charge in [-0.15, -0.1) is 11.8 Å². The van der Waals surface area contributed by atoms with Crippen molar-refractivity contribution in [2.24, 2.45) is 0 Å². The largest absolute Gasteiger partial charge is 0.322 e. The second-order valence-electron chi connectivity index (χ2n) is 6.76. The summed E-state index contributed by atoms with van der Waals surface area (Å²) in [6.07, 6.45) is 1.99. The Labute approximate surface area is 178 Å². The highest BCUT2D eigenvalue weighted by atomic mass is 32.2. The minimum Gasteiger partial charge on any atom is -0.322 e. The third-order valence-corrected chi connectivity index (χ3v) is 5.64. The van der Waals surface area contributed by atoms with Crippen molar-refractivity contribution in [3.05, 3.63) is 88.7 Å². The zero-order chi connectivity index (χ0) is 21.1. The fourth-order valence-electron chi connectivity index (χ4n) is 3.38. The van der Waals surface area contributed by atoms with Gasteiger partial charge in [0.1, 0.15) is 5.69 Å². The third-order valence-electron chi connectivity index (χ3n) is 4.92. The lowest BCUT2D eigenvalue weighted by atomic mass is 10.1. The van der Waals surface area contributed by atoms with E-state index in [0.29, 0.717) is 23.4 Å². The fourth-order valence-corrected chi connectivity index (χ4v) is 3.84. The summed E-state index contributed by atoms with van der Waals surface area (Å²) in [5, 5.41) is 2.91. The molecular formula is C24H21N3O2S. The molecule has 1 heterocycles. The average Bonchev–Trinajstić information content (AvgIpc) is 2.79. The van der Waals surface area contributed by atoms with Gasteiger partial charge in [0.05, 0.1) is 11.0 Å². The Morgan fingerprint density at radius 3 is 2.53 bits per heavy atom. The van der Waals surface area contributed by atoms with E-state index in [1.807, 2.05) is 61.7 Å². The monoisotopic (exact) mass is 415 g/mol. The molecule has 0 atom stereocenters. The molecule has 6 heteroatoms. The normalized spacial score (nSPS) is 10.9. The maximum Gasteiger partial charge on any atom is 0.277 e. The van der Waals surface area contributed by atoms with Gasteiger partial charge in [0, 0.05) is 28.3 Å². The molecule has 4 aromatic rings. The zero-order valence-corrected chi connectivity index (χ0v) is 17.6. The van der Waals surface area contributed by atoms with Crippen molar-refractivity contribution in [2.45, 2.75) is 18.4 Å². The summed E-state index contributed by atoms with van der Waals surface area (Å²) in [4.78, 5) is 31.2. The molecule has 0 aliphatic rings. The van der Waals surface area contributed by atoms with Crippen LogP contribution < -0.4 is 10.9 Å². The number of hydrogen-bond donors (Lipinski definition) is 1. The van der Waals surface area contributed by atoms with E-state index in [9.17, 15) is 9.59 Å². The van der Waals surface area contributed by atoms with Crippen LogP contribution in [0, 0.1) is 0 Å². The average molecular weight is 416 g/mol. The Bertz CT molecular complexity index is 1280. The minimum absolute atomic E-state index is 0.137. The van der Waals surface area contributed by atoms with Crippen LogP contribution in [0.5, 0.6) is 0 Å². The van der Waals surface area contributed by atoms with E-state index < -0.39 is 0 Å². The molecule has 5 nitrogen and oxygen atoms in total. The number of anilines is 1. The number of thioether (sulfide) groups is 1. The van der Waals surface area contributed by atoms with Crippen LogP contribution in [0.15, 0.2) is 82.5 Å².